The van der Waals surface area contributed by atoms with Crippen molar-refractivity contribution < 1.29 is 27.8 Å². The average Bonchev–Trinajstić information content (AvgIpc) is 2.84. The van der Waals surface area contributed by atoms with Crippen LogP contribution in [0.4, 0.5) is 18.9 Å². The summed E-state index contributed by atoms with van der Waals surface area (Å²) in [5.41, 5.74) is 0.336. The molecular formula is C12H14F3N3O3. The first-order chi connectivity index (χ1) is 9.83. The number of halogens is 3. The van der Waals surface area contributed by atoms with Crippen LogP contribution in [0.1, 0.15) is 6.42 Å². The van der Waals surface area contributed by atoms with Gasteiger partial charge >= 0.3 is 6.18 Å². The molecule has 2 atom stereocenters. The van der Waals surface area contributed by atoms with Gasteiger partial charge in [-0.2, -0.15) is 13.2 Å². The molecular weight excluding hydrogens is 291 g/mol. The summed E-state index contributed by atoms with van der Waals surface area (Å²) in [5.74, 6) is -0.517. The second kappa shape index (κ2) is 6.27. The smallest absolute Gasteiger partial charge is 0.422 e. The predicted molar refractivity (Wildman–Crippen MR) is 66.8 cm³/mol. The fourth-order valence-electron chi connectivity index (χ4n) is 1.84. The first-order valence-electron chi connectivity index (χ1n) is 6.21. The summed E-state index contributed by atoms with van der Waals surface area (Å²) >= 11 is 0. The number of hydrogen-bond donors (Lipinski definition) is 3. The van der Waals surface area contributed by atoms with Gasteiger partial charge in [0.05, 0.1) is 24.0 Å². The third-order valence-electron chi connectivity index (χ3n) is 2.81. The van der Waals surface area contributed by atoms with Crippen LogP contribution in [0, 0.1) is 0 Å². The molecule has 1 amide bonds. The molecule has 0 saturated carbocycles. The van der Waals surface area contributed by atoms with Gasteiger partial charge in [0.15, 0.2) is 6.61 Å². The number of rotatable bonds is 4. The Morgan fingerprint density at radius 3 is 2.81 bits per heavy atom. The number of nitrogens with one attached hydrogen (secondary N) is 2. The molecule has 2 unspecified atom stereocenters. The summed E-state index contributed by atoms with van der Waals surface area (Å²) in [6.07, 6.45) is -3.47. The number of aromatic nitrogens is 1. The van der Waals surface area contributed by atoms with E-state index in [0.29, 0.717) is 18.7 Å². The molecule has 21 heavy (non-hydrogen) atoms. The molecule has 0 spiro atoms. The number of aliphatic hydroxyl groups excluding tert-OH is 1. The van der Waals surface area contributed by atoms with Gasteiger partial charge in [-0.3, -0.25) is 4.79 Å². The van der Waals surface area contributed by atoms with Crippen LogP contribution in [0.15, 0.2) is 18.3 Å². The molecule has 1 aromatic heterocycles. The van der Waals surface area contributed by atoms with E-state index in [1.165, 1.54) is 18.3 Å². The first kappa shape index (κ1) is 15.5. The van der Waals surface area contributed by atoms with E-state index in [-0.39, 0.29) is 11.8 Å². The Kier molecular flexibility index (Phi) is 4.63. The number of amides is 1. The van der Waals surface area contributed by atoms with Crippen molar-refractivity contribution in [3.63, 3.8) is 0 Å². The van der Waals surface area contributed by atoms with E-state index in [0.717, 1.165) is 0 Å². The Morgan fingerprint density at radius 1 is 1.52 bits per heavy atom. The number of alkyl halides is 3. The quantitative estimate of drug-likeness (QED) is 0.762. The lowest BCUT2D eigenvalue weighted by molar-refractivity contribution is -0.154. The highest BCUT2D eigenvalue weighted by atomic mass is 19.4. The zero-order chi connectivity index (χ0) is 15.5. The van der Waals surface area contributed by atoms with Gasteiger partial charge in [0.1, 0.15) is 0 Å². The van der Waals surface area contributed by atoms with Crippen LogP contribution in [0.25, 0.3) is 0 Å². The highest BCUT2D eigenvalue weighted by Crippen LogP contribution is 2.18. The van der Waals surface area contributed by atoms with Gasteiger partial charge in [-0.15, -0.1) is 0 Å². The third-order valence-corrected chi connectivity index (χ3v) is 2.81. The number of ether oxygens (including phenoxy) is 1. The van der Waals surface area contributed by atoms with Gasteiger partial charge in [-0.1, -0.05) is 0 Å². The lowest BCUT2D eigenvalue weighted by Gasteiger charge is -2.11. The molecule has 1 saturated heterocycles. The first-order valence-corrected chi connectivity index (χ1v) is 6.21. The number of pyridine rings is 1. The van der Waals surface area contributed by atoms with Crippen molar-refractivity contribution in [2.45, 2.75) is 24.7 Å². The van der Waals surface area contributed by atoms with Crippen molar-refractivity contribution >= 4 is 11.6 Å². The Bertz CT molecular complexity index is 493. The molecule has 2 heterocycles. The molecule has 1 aliphatic rings. The maximum Gasteiger partial charge on any atom is 0.422 e. The summed E-state index contributed by atoms with van der Waals surface area (Å²) in [6.45, 7) is -1.07. The highest BCUT2D eigenvalue weighted by Gasteiger charge is 2.29. The topological polar surface area (TPSA) is 83.5 Å². The molecule has 1 aliphatic heterocycles. The highest BCUT2D eigenvalue weighted by molar-refractivity contribution is 5.94. The monoisotopic (exact) mass is 305 g/mol. The van der Waals surface area contributed by atoms with Crippen LogP contribution in [0.5, 0.6) is 5.88 Å². The average molecular weight is 305 g/mol. The second-order valence-corrected chi connectivity index (χ2v) is 4.63. The Labute approximate surface area is 118 Å². The molecule has 9 heteroatoms. The minimum atomic E-state index is -4.43. The van der Waals surface area contributed by atoms with Crippen LogP contribution >= 0.6 is 0 Å². The molecule has 6 nitrogen and oxygen atoms in total. The number of β-amino-alcohol motifs (C(OH)–C–C–N with tert-alkyl or cyclic N) is 1. The number of anilines is 1. The molecule has 0 aromatic carbocycles. The van der Waals surface area contributed by atoms with E-state index in [4.69, 9.17) is 0 Å². The van der Waals surface area contributed by atoms with Crippen molar-refractivity contribution in [3.05, 3.63) is 18.3 Å². The summed E-state index contributed by atoms with van der Waals surface area (Å²) in [7, 11) is 0. The van der Waals surface area contributed by atoms with Crippen molar-refractivity contribution in [2.24, 2.45) is 0 Å². The fourth-order valence-corrected chi connectivity index (χ4v) is 1.84. The lowest BCUT2D eigenvalue weighted by Crippen LogP contribution is -2.35. The molecule has 0 aliphatic carbocycles. The maximum atomic E-state index is 12.0. The van der Waals surface area contributed by atoms with Crippen molar-refractivity contribution in [3.8, 4) is 5.88 Å². The zero-order valence-electron chi connectivity index (χ0n) is 10.9. The fraction of sp³-hybridized carbons (Fsp3) is 0.500. The van der Waals surface area contributed by atoms with Crippen molar-refractivity contribution in [1.29, 1.82) is 0 Å². The van der Waals surface area contributed by atoms with Gasteiger partial charge < -0.3 is 20.5 Å². The van der Waals surface area contributed by atoms with E-state index in [1.807, 2.05) is 0 Å². The molecule has 0 bridgehead atoms. The predicted octanol–water partition coefficient (Wildman–Crippen LogP) is 0.684. The Hall–Kier alpha value is -1.87. The van der Waals surface area contributed by atoms with Gasteiger partial charge in [0, 0.05) is 12.6 Å². The SMILES string of the molecule is O=C(Nc1ccc(OCC(F)(F)F)nc1)C1CC(O)CN1. The standard InChI is InChI=1S/C12H14F3N3O3/c13-12(14,15)6-21-10-2-1-7(4-17-10)18-11(20)9-3-8(19)5-16-9/h1-2,4,8-9,16,19H,3,5-6H2,(H,18,20). The van der Waals surface area contributed by atoms with Gasteiger partial charge in [0.25, 0.3) is 0 Å². The van der Waals surface area contributed by atoms with Gasteiger partial charge in [-0.05, 0) is 12.5 Å². The minimum absolute atomic E-state index is 0.181. The van der Waals surface area contributed by atoms with Crippen molar-refractivity contribution in [1.82, 2.24) is 10.3 Å². The van der Waals surface area contributed by atoms with Crippen molar-refractivity contribution in [2.75, 3.05) is 18.5 Å². The molecule has 1 aromatic rings. The van der Waals surface area contributed by atoms with Crippen LogP contribution < -0.4 is 15.4 Å². The Morgan fingerprint density at radius 2 is 2.29 bits per heavy atom. The van der Waals surface area contributed by atoms with E-state index < -0.39 is 24.9 Å². The summed E-state index contributed by atoms with van der Waals surface area (Å²) in [6, 6.07) is 2.13. The minimum Gasteiger partial charge on any atom is -0.468 e. The number of hydrogen-bond acceptors (Lipinski definition) is 5. The number of carbonyl (C=O) groups is 1. The number of nitrogens with zero attached hydrogens (tertiary/aromatic N) is 1. The normalized spacial score (nSPS) is 22.1. The van der Waals surface area contributed by atoms with Crippen LogP contribution in [-0.2, 0) is 4.79 Å². The second-order valence-electron chi connectivity index (χ2n) is 4.63. The van der Waals surface area contributed by atoms with E-state index >= 15 is 0 Å². The molecule has 116 valence electrons. The van der Waals surface area contributed by atoms with Crippen LogP contribution in [0.3, 0.4) is 0 Å². The van der Waals surface area contributed by atoms with E-state index in [9.17, 15) is 23.1 Å². The molecule has 0 radical (unpaired) electrons. The largest absolute Gasteiger partial charge is 0.468 e. The summed E-state index contributed by atoms with van der Waals surface area (Å²) in [4.78, 5) is 15.5. The van der Waals surface area contributed by atoms with Crippen LogP contribution in [0.2, 0.25) is 0 Å². The van der Waals surface area contributed by atoms with E-state index in [2.05, 4.69) is 20.4 Å². The lowest BCUT2D eigenvalue weighted by atomic mass is 10.2. The maximum absolute atomic E-state index is 12.0. The molecule has 2 rings (SSSR count). The third kappa shape index (κ3) is 4.87. The zero-order valence-corrected chi connectivity index (χ0v) is 10.9. The summed E-state index contributed by atoms with van der Waals surface area (Å²) < 4.78 is 40.3. The van der Waals surface area contributed by atoms with Gasteiger partial charge in [0.2, 0.25) is 11.8 Å². The number of aliphatic hydroxyl groups is 1. The Balaban J connectivity index is 1.86. The van der Waals surface area contributed by atoms with E-state index in [1.54, 1.807) is 0 Å². The van der Waals surface area contributed by atoms with Crippen LogP contribution in [-0.4, -0.2) is 47.5 Å². The number of carbonyl (C=O) groups excluding carboxylic acids is 1. The molecule has 1 fully saturated rings. The van der Waals surface area contributed by atoms with Gasteiger partial charge in [-0.25, -0.2) is 4.98 Å². The summed E-state index contributed by atoms with van der Waals surface area (Å²) in [5, 5.41) is 14.7. The molecule has 3 N–H and O–H groups in total.